The SMILES string of the molecule is CCc1cc2c(nc1CC)CC1CC2C1(C)C. The van der Waals surface area contributed by atoms with E-state index in [9.17, 15) is 0 Å². The highest BCUT2D eigenvalue weighted by Gasteiger charge is 2.52. The summed E-state index contributed by atoms with van der Waals surface area (Å²) in [4.78, 5) is 4.95. The van der Waals surface area contributed by atoms with Crippen molar-refractivity contribution in [3.05, 3.63) is 28.6 Å². The molecule has 4 rings (SSSR count). The molecule has 0 aliphatic heterocycles. The monoisotopic (exact) mass is 229 g/mol. The van der Waals surface area contributed by atoms with Crippen LogP contribution in [0.4, 0.5) is 0 Å². The third kappa shape index (κ3) is 1.41. The average Bonchev–Trinajstić information content (AvgIpc) is 2.35. The molecule has 17 heavy (non-hydrogen) atoms. The van der Waals surface area contributed by atoms with Gasteiger partial charge >= 0.3 is 0 Å². The third-order valence-electron chi connectivity index (χ3n) is 5.31. The van der Waals surface area contributed by atoms with Gasteiger partial charge in [-0.05, 0) is 54.1 Å². The van der Waals surface area contributed by atoms with Crippen LogP contribution < -0.4 is 0 Å². The molecule has 2 bridgehead atoms. The molecule has 0 N–H and O–H groups in total. The Morgan fingerprint density at radius 3 is 2.65 bits per heavy atom. The molecule has 1 aromatic heterocycles. The van der Waals surface area contributed by atoms with Crippen LogP contribution in [0.25, 0.3) is 0 Å². The van der Waals surface area contributed by atoms with Crippen molar-refractivity contribution >= 4 is 0 Å². The summed E-state index contributed by atoms with van der Waals surface area (Å²) in [5, 5.41) is 0. The molecular weight excluding hydrogens is 206 g/mol. The number of aryl methyl sites for hydroxylation is 2. The standard InChI is InChI=1S/C16H23N/c1-5-10-7-12-13-8-11(16(13,3)4)9-15(12)17-14(10)6-2/h7,11,13H,5-6,8-9H2,1-4H3. The van der Waals surface area contributed by atoms with E-state index >= 15 is 0 Å². The maximum atomic E-state index is 4.95. The Morgan fingerprint density at radius 1 is 1.29 bits per heavy atom. The Morgan fingerprint density at radius 2 is 2.06 bits per heavy atom. The van der Waals surface area contributed by atoms with Crippen LogP contribution in [-0.2, 0) is 19.3 Å². The summed E-state index contributed by atoms with van der Waals surface area (Å²) in [5.74, 6) is 1.66. The van der Waals surface area contributed by atoms with Crippen molar-refractivity contribution in [3.8, 4) is 0 Å². The second-order valence-electron chi connectivity index (χ2n) is 6.35. The summed E-state index contributed by atoms with van der Waals surface area (Å²) in [7, 11) is 0. The van der Waals surface area contributed by atoms with Gasteiger partial charge in [0.25, 0.3) is 0 Å². The third-order valence-corrected chi connectivity index (χ3v) is 5.31. The fourth-order valence-corrected chi connectivity index (χ4v) is 3.85. The maximum absolute atomic E-state index is 4.95. The molecule has 0 aromatic carbocycles. The Labute approximate surface area is 105 Å². The van der Waals surface area contributed by atoms with Gasteiger partial charge in [0.15, 0.2) is 0 Å². The van der Waals surface area contributed by atoms with Gasteiger partial charge in [0.1, 0.15) is 0 Å². The van der Waals surface area contributed by atoms with E-state index in [2.05, 4.69) is 33.8 Å². The lowest BCUT2D eigenvalue weighted by Gasteiger charge is -2.56. The largest absolute Gasteiger partial charge is 0.257 e. The molecule has 3 aliphatic rings. The molecule has 0 saturated heterocycles. The Balaban J connectivity index is 2.09. The summed E-state index contributed by atoms with van der Waals surface area (Å²) in [5.41, 5.74) is 6.33. The van der Waals surface area contributed by atoms with Crippen molar-refractivity contribution < 1.29 is 0 Å². The summed E-state index contributed by atoms with van der Waals surface area (Å²) in [6, 6.07) is 2.48. The molecule has 0 radical (unpaired) electrons. The fourth-order valence-electron chi connectivity index (χ4n) is 3.85. The normalized spacial score (nSPS) is 28.5. The second-order valence-corrected chi connectivity index (χ2v) is 6.35. The summed E-state index contributed by atoms with van der Waals surface area (Å²) in [6.45, 7) is 9.35. The molecule has 1 saturated carbocycles. The van der Waals surface area contributed by atoms with E-state index in [1.807, 2.05) is 0 Å². The molecule has 1 heteroatoms. The van der Waals surface area contributed by atoms with Crippen molar-refractivity contribution in [1.82, 2.24) is 4.98 Å². The van der Waals surface area contributed by atoms with Crippen LogP contribution in [0, 0.1) is 11.3 Å². The molecule has 3 aliphatic carbocycles. The van der Waals surface area contributed by atoms with Crippen LogP contribution >= 0.6 is 0 Å². The number of pyridine rings is 1. The molecule has 92 valence electrons. The Hall–Kier alpha value is -0.850. The van der Waals surface area contributed by atoms with E-state index in [4.69, 9.17) is 4.98 Å². The van der Waals surface area contributed by atoms with Gasteiger partial charge in [-0.25, -0.2) is 0 Å². The van der Waals surface area contributed by atoms with Gasteiger partial charge < -0.3 is 0 Å². The molecule has 1 heterocycles. The van der Waals surface area contributed by atoms with Gasteiger partial charge in [0.2, 0.25) is 0 Å². The van der Waals surface area contributed by atoms with Gasteiger partial charge in [-0.2, -0.15) is 0 Å². The first-order chi connectivity index (χ1) is 8.07. The zero-order valence-corrected chi connectivity index (χ0v) is 11.5. The zero-order chi connectivity index (χ0) is 12.2. The average molecular weight is 229 g/mol. The first kappa shape index (κ1) is 11.3. The fraction of sp³-hybridized carbons (Fsp3) is 0.688. The predicted molar refractivity (Wildman–Crippen MR) is 71.3 cm³/mol. The number of aromatic nitrogens is 1. The first-order valence-corrected chi connectivity index (χ1v) is 7.09. The molecule has 2 unspecified atom stereocenters. The lowest BCUT2D eigenvalue weighted by atomic mass is 9.48. The van der Waals surface area contributed by atoms with Crippen LogP contribution in [0.5, 0.6) is 0 Å². The number of rotatable bonds is 2. The van der Waals surface area contributed by atoms with Crippen molar-refractivity contribution in [2.45, 2.75) is 59.3 Å². The van der Waals surface area contributed by atoms with Crippen molar-refractivity contribution in [2.24, 2.45) is 11.3 Å². The molecule has 0 spiro atoms. The minimum Gasteiger partial charge on any atom is -0.257 e. The van der Waals surface area contributed by atoms with E-state index in [-0.39, 0.29) is 0 Å². The van der Waals surface area contributed by atoms with Gasteiger partial charge in [0.05, 0.1) is 0 Å². The van der Waals surface area contributed by atoms with Crippen molar-refractivity contribution in [2.75, 3.05) is 0 Å². The predicted octanol–water partition coefficient (Wildman–Crippen LogP) is 3.89. The van der Waals surface area contributed by atoms with E-state index < -0.39 is 0 Å². The number of hydrogen-bond acceptors (Lipinski definition) is 1. The smallest absolute Gasteiger partial charge is 0.0445 e. The number of hydrogen-bond donors (Lipinski definition) is 0. The van der Waals surface area contributed by atoms with E-state index in [1.165, 1.54) is 29.8 Å². The van der Waals surface area contributed by atoms with Gasteiger partial charge in [0, 0.05) is 11.4 Å². The van der Waals surface area contributed by atoms with E-state index in [0.29, 0.717) is 5.41 Å². The summed E-state index contributed by atoms with van der Waals surface area (Å²) < 4.78 is 0. The second kappa shape index (κ2) is 3.57. The van der Waals surface area contributed by atoms with E-state index in [1.54, 1.807) is 5.56 Å². The van der Waals surface area contributed by atoms with Crippen LogP contribution in [0.3, 0.4) is 0 Å². The van der Waals surface area contributed by atoms with E-state index in [0.717, 1.165) is 24.7 Å². The summed E-state index contributed by atoms with van der Waals surface area (Å²) in [6.07, 6.45) is 4.82. The molecular formula is C16H23N. The van der Waals surface area contributed by atoms with Crippen molar-refractivity contribution in [3.63, 3.8) is 0 Å². The highest BCUT2D eigenvalue weighted by atomic mass is 14.8. The highest BCUT2D eigenvalue weighted by molar-refractivity contribution is 5.40. The highest BCUT2D eigenvalue weighted by Crippen LogP contribution is 2.61. The van der Waals surface area contributed by atoms with Gasteiger partial charge in [-0.3, -0.25) is 4.98 Å². The van der Waals surface area contributed by atoms with Crippen molar-refractivity contribution in [1.29, 1.82) is 0 Å². The zero-order valence-electron chi connectivity index (χ0n) is 11.5. The lowest BCUT2D eigenvalue weighted by Crippen LogP contribution is -2.48. The Bertz CT molecular complexity index is 459. The quantitative estimate of drug-likeness (QED) is 0.749. The first-order valence-electron chi connectivity index (χ1n) is 7.09. The van der Waals surface area contributed by atoms with Crippen LogP contribution in [0.1, 0.15) is 62.5 Å². The molecule has 1 aromatic rings. The lowest BCUT2D eigenvalue weighted by molar-refractivity contribution is 0.0168. The molecule has 1 nitrogen and oxygen atoms in total. The van der Waals surface area contributed by atoms with Gasteiger partial charge in [-0.15, -0.1) is 0 Å². The molecule has 2 atom stereocenters. The maximum Gasteiger partial charge on any atom is 0.0445 e. The van der Waals surface area contributed by atoms with Gasteiger partial charge in [-0.1, -0.05) is 33.8 Å². The number of nitrogens with zero attached hydrogens (tertiary/aromatic N) is 1. The topological polar surface area (TPSA) is 12.9 Å². The minimum atomic E-state index is 0.521. The molecule has 1 fully saturated rings. The molecule has 0 amide bonds. The van der Waals surface area contributed by atoms with Crippen LogP contribution in [-0.4, -0.2) is 4.98 Å². The minimum absolute atomic E-state index is 0.521. The van der Waals surface area contributed by atoms with Crippen LogP contribution in [0.15, 0.2) is 6.07 Å². The summed E-state index contributed by atoms with van der Waals surface area (Å²) >= 11 is 0. The van der Waals surface area contributed by atoms with Crippen LogP contribution in [0.2, 0.25) is 0 Å². The Kier molecular flexibility index (Phi) is 2.36.